The van der Waals surface area contributed by atoms with Crippen molar-refractivity contribution in [1.29, 1.82) is 0 Å². The molecule has 0 fully saturated rings. The molecule has 0 aliphatic carbocycles. The first kappa shape index (κ1) is 16.8. The molecule has 0 aromatic carbocycles. The Bertz CT molecular complexity index is 530. The molecule has 0 saturated heterocycles. The number of anilines is 1. The Labute approximate surface area is 120 Å². The van der Waals surface area contributed by atoms with Crippen LogP contribution in [-0.4, -0.2) is 45.0 Å². The molecule has 1 heterocycles. The van der Waals surface area contributed by atoms with Crippen LogP contribution < -0.4 is 16.0 Å². The molecule has 0 aliphatic heterocycles. The second-order valence-electron chi connectivity index (χ2n) is 5.26. The molecule has 4 N–H and O–H groups in total. The Morgan fingerprint density at radius 3 is 2.55 bits per heavy atom. The van der Waals surface area contributed by atoms with E-state index < -0.39 is 10.0 Å². The fraction of sp³-hybridized carbons (Fsp3) is 0.583. The zero-order valence-electron chi connectivity index (χ0n) is 12.3. The van der Waals surface area contributed by atoms with E-state index in [-0.39, 0.29) is 16.9 Å². The van der Waals surface area contributed by atoms with Gasteiger partial charge in [-0.05, 0) is 26.1 Å². The summed E-state index contributed by atoms with van der Waals surface area (Å²) in [6.07, 6.45) is 1.40. The molecule has 1 atom stereocenters. The van der Waals surface area contributed by atoms with Crippen LogP contribution in [0.15, 0.2) is 23.2 Å². The van der Waals surface area contributed by atoms with Gasteiger partial charge in [0.25, 0.3) is 0 Å². The Morgan fingerprint density at radius 2 is 2.05 bits per heavy atom. The number of nitrogens with one attached hydrogen (secondary N) is 2. The van der Waals surface area contributed by atoms with Crippen LogP contribution in [0.1, 0.15) is 13.8 Å². The highest BCUT2D eigenvalue weighted by molar-refractivity contribution is 7.89. The molecular weight excluding hydrogens is 278 g/mol. The van der Waals surface area contributed by atoms with Crippen molar-refractivity contribution in [2.45, 2.75) is 24.8 Å². The normalized spacial score (nSPS) is 13.8. The Hall–Kier alpha value is -1.22. The highest BCUT2D eigenvalue weighted by Gasteiger charge is 2.23. The van der Waals surface area contributed by atoms with Gasteiger partial charge in [0.1, 0.15) is 5.82 Å². The Morgan fingerprint density at radius 1 is 1.40 bits per heavy atom. The zero-order chi connectivity index (χ0) is 15.3. The number of pyridine rings is 1. The number of likely N-dealkylation sites (N-methyl/N-ethyl adjacent to an activating group) is 1. The molecule has 0 bridgehead atoms. The summed E-state index contributed by atoms with van der Waals surface area (Å²) in [7, 11) is 0.224. The van der Waals surface area contributed by atoms with Crippen molar-refractivity contribution in [2.75, 3.05) is 26.1 Å². The van der Waals surface area contributed by atoms with Crippen LogP contribution in [0.4, 0.5) is 5.82 Å². The van der Waals surface area contributed by atoms with Crippen molar-refractivity contribution in [1.82, 2.24) is 14.6 Å². The van der Waals surface area contributed by atoms with E-state index >= 15 is 0 Å². The van der Waals surface area contributed by atoms with Crippen molar-refractivity contribution in [3.8, 4) is 0 Å². The molecule has 114 valence electrons. The minimum absolute atomic E-state index is 0.143. The van der Waals surface area contributed by atoms with Gasteiger partial charge in [0, 0.05) is 24.8 Å². The second kappa shape index (κ2) is 6.98. The van der Waals surface area contributed by atoms with Gasteiger partial charge in [0.15, 0.2) is 0 Å². The van der Waals surface area contributed by atoms with Crippen molar-refractivity contribution in [3.63, 3.8) is 0 Å². The minimum Gasteiger partial charge on any atom is -0.308 e. The Kier molecular flexibility index (Phi) is 5.88. The molecule has 1 aromatic heterocycles. The third-order valence-corrected chi connectivity index (χ3v) is 4.35. The van der Waals surface area contributed by atoms with Crippen molar-refractivity contribution < 1.29 is 8.42 Å². The summed E-state index contributed by atoms with van der Waals surface area (Å²) in [6, 6.07) is 2.67. The summed E-state index contributed by atoms with van der Waals surface area (Å²) in [4.78, 5) is 5.99. The van der Waals surface area contributed by atoms with Gasteiger partial charge in [0.2, 0.25) is 10.0 Å². The monoisotopic (exact) mass is 301 g/mol. The van der Waals surface area contributed by atoms with Crippen LogP contribution in [0.5, 0.6) is 0 Å². The lowest BCUT2D eigenvalue weighted by molar-refractivity contribution is 0.314. The first-order valence-corrected chi connectivity index (χ1v) is 7.84. The van der Waals surface area contributed by atoms with Crippen LogP contribution in [0.3, 0.4) is 0 Å². The second-order valence-corrected chi connectivity index (χ2v) is 6.97. The molecule has 7 nitrogen and oxygen atoms in total. The minimum atomic E-state index is -3.59. The van der Waals surface area contributed by atoms with Gasteiger partial charge < -0.3 is 10.3 Å². The van der Waals surface area contributed by atoms with Crippen molar-refractivity contribution in [3.05, 3.63) is 18.3 Å². The third kappa shape index (κ3) is 4.71. The van der Waals surface area contributed by atoms with Gasteiger partial charge in [-0.15, -0.1) is 0 Å². The zero-order valence-corrected chi connectivity index (χ0v) is 13.1. The predicted octanol–water partition coefficient (Wildman–Crippen LogP) is 0.232. The topological polar surface area (TPSA) is 100 Å². The molecule has 1 unspecified atom stereocenters. The average Bonchev–Trinajstić information content (AvgIpc) is 2.37. The van der Waals surface area contributed by atoms with Gasteiger partial charge in [-0.3, -0.25) is 0 Å². The molecule has 1 rings (SSSR count). The van der Waals surface area contributed by atoms with Gasteiger partial charge in [-0.25, -0.2) is 24.0 Å². The molecule has 20 heavy (non-hydrogen) atoms. The molecule has 0 radical (unpaired) electrons. The van der Waals surface area contributed by atoms with E-state index in [1.807, 2.05) is 32.8 Å². The smallest absolute Gasteiger partial charge is 0.241 e. The van der Waals surface area contributed by atoms with Crippen LogP contribution in [0.25, 0.3) is 0 Å². The lowest BCUT2D eigenvalue weighted by Crippen LogP contribution is -2.44. The fourth-order valence-electron chi connectivity index (χ4n) is 1.70. The summed E-state index contributed by atoms with van der Waals surface area (Å²) in [5.41, 5.74) is 2.34. The maximum Gasteiger partial charge on any atom is 0.241 e. The number of hydrogen-bond donors (Lipinski definition) is 3. The number of nitrogens with two attached hydrogens (primary N) is 1. The average molecular weight is 301 g/mol. The molecule has 8 heteroatoms. The first-order chi connectivity index (χ1) is 9.26. The van der Waals surface area contributed by atoms with Crippen LogP contribution >= 0.6 is 0 Å². The quantitative estimate of drug-likeness (QED) is 0.492. The molecular formula is C12H23N5O2S. The summed E-state index contributed by atoms with van der Waals surface area (Å²) < 4.78 is 27.5. The highest BCUT2D eigenvalue weighted by Crippen LogP contribution is 2.14. The van der Waals surface area contributed by atoms with Crippen LogP contribution in [-0.2, 0) is 10.0 Å². The molecule has 0 amide bonds. The maximum absolute atomic E-state index is 12.4. The number of nitrogens with zero attached hydrogens (tertiary/aromatic N) is 2. The first-order valence-electron chi connectivity index (χ1n) is 6.36. The number of nitrogen functional groups attached to an aromatic ring is 1. The van der Waals surface area contributed by atoms with Crippen molar-refractivity contribution >= 4 is 15.8 Å². The summed E-state index contributed by atoms with van der Waals surface area (Å²) in [6.45, 7) is 4.59. The lowest BCUT2D eigenvalue weighted by Gasteiger charge is -2.25. The summed E-state index contributed by atoms with van der Waals surface area (Å²) >= 11 is 0. The number of rotatable bonds is 7. The van der Waals surface area contributed by atoms with E-state index in [2.05, 4.69) is 15.1 Å². The maximum atomic E-state index is 12.4. The molecule has 0 spiro atoms. The SMILES string of the molecule is CC(C)C(CN(C)C)NS(=O)(=O)c1ccnc(NN)c1. The number of hydrogen-bond acceptors (Lipinski definition) is 6. The molecule has 1 aromatic rings. The van der Waals surface area contributed by atoms with E-state index in [0.29, 0.717) is 12.4 Å². The summed E-state index contributed by atoms with van der Waals surface area (Å²) in [5.74, 6) is 5.73. The number of hydrazine groups is 1. The third-order valence-electron chi connectivity index (χ3n) is 2.86. The Balaban J connectivity index is 2.97. The van der Waals surface area contributed by atoms with E-state index in [4.69, 9.17) is 5.84 Å². The van der Waals surface area contributed by atoms with E-state index in [1.165, 1.54) is 18.3 Å². The fourth-order valence-corrected chi connectivity index (χ4v) is 3.09. The van der Waals surface area contributed by atoms with Gasteiger partial charge in [-0.2, -0.15) is 0 Å². The van der Waals surface area contributed by atoms with Crippen LogP contribution in [0, 0.1) is 5.92 Å². The van der Waals surface area contributed by atoms with E-state index in [9.17, 15) is 8.42 Å². The standard InChI is InChI=1S/C12H23N5O2S/c1-9(2)11(8-17(3)4)16-20(18,19)10-5-6-14-12(7-10)15-13/h5-7,9,11,16H,8,13H2,1-4H3,(H,14,15). The van der Waals surface area contributed by atoms with E-state index in [1.54, 1.807) is 0 Å². The molecule has 0 saturated carbocycles. The van der Waals surface area contributed by atoms with E-state index in [0.717, 1.165) is 0 Å². The predicted molar refractivity (Wildman–Crippen MR) is 79.5 cm³/mol. The largest absolute Gasteiger partial charge is 0.308 e. The number of aromatic nitrogens is 1. The van der Waals surface area contributed by atoms with Gasteiger partial charge in [0.05, 0.1) is 4.90 Å². The highest BCUT2D eigenvalue weighted by atomic mass is 32.2. The van der Waals surface area contributed by atoms with Crippen LogP contribution in [0.2, 0.25) is 0 Å². The lowest BCUT2D eigenvalue weighted by atomic mass is 10.1. The van der Waals surface area contributed by atoms with Gasteiger partial charge >= 0.3 is 0 Å². The van der Waals surface area contributed by atoms with Crippen molar-refractivity contribution in [2.24, 2.45) is 11.8 Å². The molecule has 0 aliphatic rings. The van der Waals surface area contributed by atoms with Gasteiger partial charge in [-0.1, -0.05) is 13.8 Å². The number of sulfonamides is 1. The summed E-state index contributed by atoms with van der Waals surface area (Å²) in [5, 5.41) is 0.